The van der Waals surface area contributed by atoms with Crippen molar-refractivity contribution >= 4 is 11.3 Å². The van der Waals surface area contributed by atoms with Crippen molar-refractivity contribution in [2.45, 2.75) is 51.7 Å². The van der Waals surface area contributed by atoms with Gasteiger partial charge in [0.05, 0.1) is 28.8 Å². The lowest BCUT2D eigenvalue weighted by Gasteiger charge is -2.26. The molecule has 2 rings (SSSR count). The van der Waals surface area contributed by atoms with Crippen molar-refractivity contribution in [3.8, 4) is 0 Å². The van der Waals surface area contributed by atoms with Gasteiger partial charge in [0.25, 0.3) is 0 Å². The van der Waals surface area contributed by atoms with Gasteiger partial charge in [0.1, 0.15) is 5.60 Å². The van der Waals surface area contributed by atoms with Crippen LogP contribution in [0, 0.1) is 0 Å². The minimum Gasteiger partial charge on any atom is -0.382 e. The average molecular weight is 241 g/mol. The molecule has 0 spiro atoms. The van der Waals surface area contributed by atoms with Gasteiger partial charge in [-0.05, 0) is 13.3 Å². The van der Waals surface area contributed by atoms with E-state index >= 15 is 0 Å². The van der Waals surface area contributed by atoms with Crippen molar-refractivity contribution in [3.05, 3.63) is 15.6 Å². The summed E-state index contributed by atoms with van der Waals surface area (Å²) >= 11 is 1.63. The lowest BCUT2D eigenvalue weighted by atomic mass is 9.91. The standard InChI is InChI=1S/C12H19NO2S/c1-5-11(2,3)10-13-8-6-15-7-12(4,14)9(8)16-10/h14H,5-7H2,1-4H3. The Bertz CT molecular complexity index is 396. The molecule has 16 heavy (non-hydrogen) atoms. The molecule has 0 bridgehead atoms. The molecule has 3 nitrogen and oxygen atoms in total. The maximum Gasteiger partial charge on any atom is 0.121 e. The summed E-state index contributed by atoms with van der Waals surface area (Å²) in [5.74, 6) is 0. The summed E-state index contributed by atoms with van der Waals surface area (Å²) in [6, 6.07) is 0. The van der Waals surface area contributed by atoms with Gasteiger partial charge in [-0.25, -0.2) is 4.98 Å². The van der Waals surface area contributed by atoms with E-state index in [2.05, 4.69) is 25.8 Å². The van der Waals surface area contributed by atoms with Gasteiger partial charge in [0.15, 0.2) is 0 Å². The Kier molecular flexibility index (Phi) is 2.85. The SMILES string of the molecule is CCC(C)(C)c1nc2c(s1)C(C)(O)COC2. The number of thiazole rings is 1. The van der Waals surface area contributed by atoms with Gasteiger partial charge in [-0.15, -0.1) is 11.3 Å². The second-order valence-corrected chi connectivity index (χ2v) is 6.30. The third-order valence-electron chi connectivity index (χ3n) is 3.27. The molecular formula is C12H19NO2S. The molecule has 0 aromatic carbocycles. The van der Waals surface area contributed by atoms with Crippen LogP contribution in [-0.2, 0) is 22.4 Å². The van der Waals surface area contributed by atoms with Gasteiger partial charge in [0, 0.05) is 5.41 Å². The van der Waals surface area contributed by atoms with E-state index in [0.717, 1.165) is 22.0 Å². The number of aromatic nitrogens is 1. The lowest BCUT2D eigenvalue weighted by Crippen LogP contribution is -2.31. The average Bonchev–Trinajstić information content (AvgIpc) is 2.63. The number of nitrogens with zero attached hydrogens (tertiary/aromatic N) is 1. The molecule has 90 valence electrons. The van der Waals surface area contributed by atoms with E-state index in [1.807, 2.05) is 0 Å². The Morgan fingerprint density at radius 2 is 2.25 bits per heavy atom. The Labute approximate surface area is 100 Å². The molecule has 2 heterocycles. The van der Waals surface area contributed by atoms with Gasteiger partial charge in [-0.3, -0.25) is 0 Å². The van der Waals surface area contributed by atoms with Crippen molar-refractivity contribution in [2.75, 3.05) is 6.61 Å². The van der Waals surface area contributed by atoms with E-state index in [1.165, 1.54) is 0 Å². The smallest absolute Gasteiger partial charge is 0.121 e. The van der Waals surface area contributed by atoms with Crippen LogP contribution < -0.4 is 0 Å². The van der Waals surface area contributed by atoms with Crippen molar-refractivity contribution in [1.29, 1.82) is 0 Å². The highest BCUT2D eigenvalue weighted by atomic mass is 32.1. The molecule has 1 atom stereocenters. The fourth-order valence-electron chi connectivity index (χ4n) is 1.72. The van der Waals surface area contributed by atoms with E-state index < -0.39 is 5.60 Å². The highest BCUT2D eigenvalue weighted by molar-refractivity contribution is 7.12. The molecular weight excluding hydrogens is 222 g/mol. The molecule has 1 unspecified atom stereocenters. The van der Waals surface area contributed by atoms with Crippen LogP contribution in [0.15, 0.2) is 0 Å². The Morgan fingerprint density at radius 1 is 1.56 bits per heavy atom. The fourth-order valence-corrected chi connectivity index (χ4v) is 2.99. The molecule has 0 saturated carbocycles. The van der Waals surface area contributed by atoms with Crippen LogP contribution in [0.4, 0.5) is 0 Å². The normalized spacial score (nSPS) is 25.6. The Balaban J connectivity index is 2.44. The van der Waals surface area contributed by atoms with Crippen molar-refractivity contribution < 1.29 is 9.84 Å². The zero-order valence-corrected chi connectivity index (χ0v) is 11.1. The highest BCUT2D eigenvalue weighted by Crippen LogP contribution is 2.39. The minimum atomic E-state index is -0.868. The summed E-state index contributed by atoms with van der Waals surface area (Å²) < 4.78 is 5.37. The molecule has 1 aromatic heterocycles. The van der Waals surface area contributed by atoms with Crippen LogP contribution in [0.2, 0.25) is 0 Å². The topological polar surface area (TPSA) is 42.4 Å². The minimum absolute atomic E-state index is 0.0814. The number of hydrogen-bond acceptors (Lipinski definition) is 4. The lowest BCUT2D eigenvalue weighted by molar-refractivity contribution is -0.0586. The summed E-state index contributed by atoms with van der Waals surface area (Å²) in [6.07, 6.45) is 1.04. The molecule has 1 N–H and O–H groups in total. The number of ether oxygens (including phenoxy) is 1. The van der Waals surface area contributed by atoms with Gasteiger partial charge in [-0.1, -0.05) is 20.8 Å². The first kappa shape index (κ1) is 12.0. The van der Waals surface area contributed by atoms with Crippen LogP contribution in [0.3, 0.4) is 0 Å². The van der Waals surface area contributed by atoms with Crippen molar-refractivity contribution in [3.63, 3.8) is 0 Å². The molecule has 4 heteroatoms. The second kappa shape index (κ2) is 3.79. The maximum atomic E-state index is 10.2. The summed E-state index contributed by atoms with van der Waals surface area (Å²) in [5, 5.41) is 11.3. The largest absolute Gasteiger partial charge is 0.382 e. The molecule has 0 aliphatic carbocycles. The summed E-state index contributed by atoms with van der Waals surface area (Å²) in [4.78, 5) is 5.60. The number of rotatable bonds is 2. The zero-order chi connectivity index (χ0) is 12.0. The van der Waals surface area contributed by atoms with E-state index in [1.54, 1.807) is 18.3 Å². The predicted molar refractivity (Wildman–Crippen MR) is 64.7 cm³/mol. The summed E-state index contributed by atoms with van der Waals surface area (Å²) in [5.41, 5.74) is 0.128. The van der Waals surface area contributed by atoms with Crippen LogP contribution in [0.1, 0.15) is 49.7 Å². The third kappa shape index (κ3) is 1.90. The van der Waals surface area contributed by atoms with E-state index in [-0.39, 0.29) is 5.41 Å². The van der Waals surface area contributed by atoms with E-state index in [9.17, 15) is 5.11 Å². The Morgan fingerprint density at radius 3 is 2.81 bits per heavy atom. The Hall–Kier alpha value is -0.450. The molecule has 0 amide bonds. The van der Waals surface area contributed by atoms with Crippen LogP contribution in [-0.4, -0.2) is 16.7 Å². The predicted octanol–water partition coefficient (Wildman–Crippen LogP) is 2.57. The van der Waals surface area contributed by atoms with Gasteiger partial charge < -0.3 is 9.84 Å². The second-order valence-electron chi connectivity index (χ2n) is 5.30. The maximum absolute atomic E-state index is 10.2. The molecule has 0 saturated heterocycles. The monoisotopic (exact) mass is 241 g/mol. The van der Waals surface area contributed by atoms with Crippen LogP contribution >= 0.6 is 11.3 Å². The quantitative estimate of drug-likeness (QED) is 0.865. The molecule has 0 radical (unpaired) electrons. The molecule has 1 aromatic rings. The van der Waals surface area contributed by atoms with E-state index in [0.29, 0.717) is 13.2 Å². The summed E-state index contributed by atoms with van der Waals surface area (Å²) in [7, 11) is 0. The van der Waals surface area contributed by atoms with Crippen LogP contribution in [0.5, 0.6) is 0 Å². The molecule has 1 aliphatic heterocycles. The fraction of sp³-hybridized carbons (Fsp3) is 0.750. The first-order chi connectivity index (χ1) is 7.37. The third-order valence-corrected chi connectivity index (χ3v) is 4.99. The number of fused-ring (bicyclic) bond motifs is 1. The highest BCUT2D eigenvalue weighted by Gasteiger charge is 2.36. The van der Waals surface area contributed by atoms with E-state index in [4.69, 9.17) is 4.74 Å². The van der Waals surface area contributed by atoms with Crippen molar-refractivity contribution in [1.82, 2.24) is 4.98 Å². The first-order valence-corrected chi connectivity index (χ1v) is 6.49. The van der Waals surface area contributed by atoms with Gasteiger partial charge >= 0.3 is 0 Å². The molecule has 1 aliphatic rings. The summed E-state index contributed by atoms with van der Waals surface area (Å²) in [6.45, 7) is 9.23. The van der Waals surface area contributed by atoms with Gasteiger partial charge in [-0.2, -0.15) is 0 Å². The van der Waals surface area contributed by atoms with Crippen LogP contribution in [0.25, 0.3) is 0 Å². The first-order valence-electron chi connectivity index (χ1n) is 5.67. The van der Waals surface area contributed by atoms with Gasteiger partial charge in [0.2, 0.25) is 0 Å². The number of hydrogen-bond donors (Lipinski definition) is 1. The zero-order valence-electron chi connectivity index (χ0n) is 10.3. The number of aliphatic hydroxyl groups is 1. The van der Waals surface area contributed by atoms with Crippen molar-refractivity contribution in [2.24, 2.45) is 0 Å². The molecule has 0 fully saturated rings.